The van der Waals surface area contributed by atoms with Crippen molar-refractivity contribution in [1.82, 2.24) is 4.98 Å². The van der Waals surface area contributed by atoms with Crippen molar-refractivity contribution in [2.24, 2.45) is 0 Å². The number of nitrogens with two attached hydrogens (primary N) is 1. The molecule has 0 saturated heterocycles. The Labute approximate surface area is 119 Å². The highest BCUT2D eigenvalue weighted by molar-refractivity contribution is 5.73. The van der Waals surface area contributed by atoms with Gasteiger partial charge in [-0.25, -0.2) is 0 Å². The lowest BCUT2D eigenvalue weighted by Crippen LogP contribution is -2.24. The van der Waals surface area contributed by atoms with Crippen LogP contribution >= 0.6 is 0 Å². The summed E-state index contributed by atoms with van der Waals surface area (Å²) < 4.78 is 0. The molecular weight excluding hydrogens is 248 g/mol. The zero-order chi connectivity index (χ0) is 14.5. The molecule has 20 heavy (non-hydrogen) atoms. The van der Waals surface area contributed by atoms with E-state index in [1.165, 1.54) is 0 Å². The molecule has 4 nitrogen and oxygen atoms in total. The molecule has 1 aromatic heterocycles. The number of rotatable bonds is 4. The zero-order valence-electron chi connectivity index (χ0n) is 11.8. The minimum absolute atomic E-state index is 0.512. The van der Waals surface area contributed by atoms with Crippen molar-refractivity contribution in [2.45, 2.75) is 20.4 Å². The largest absolute Gasteiger partial charge is 0.396 e. The van der Waals surface area contributed by atoms with Crippen LogP contribution < -0.4 is 10.6 Å². The van der Waals surface area contributed by atoms with Crippen LogP contribution in [0.2, 0.25) is 0 Å². The van der Waals surface area contributed by atoms with Gasteiger partial charge >= 0.3 is 0 Å². The molecule has 102 valence electrons. The molecule has 0 bridgehead atoms. The number of benzene rings is 1. The molecule has 0 fully saturated rings. The number of aromatic nitrogens is 1. The first-order valence-electron chi connectivity index (χ1n) is 6.61. The molecule has 0 amide bonds. The second-order valence-corrected chi connectivity index (χ2v) is 4.63. The second-order valence-electron chi connectivity index (χ2n) is 4.63. The molecule has 0 aliphatic carbocycles. The van der Waals surface area contributed by atoms with Crippen LogP contribution in [0.4, 0.5) is 11.4 Å². The molecule has 0 spiro atoms. The molecule has 2 N–H and O–H groups in total. The number of pyridine rings is 1. The number of hydrogen-bond donors (Lipinski definition) is 1. The van der Waals surface area contributed by atoms with E-state index in [-0.39, 0.29) is 0 Å². The fourth-order valence-electron chi connectivity index (χ4n) is 2.18. The second kappa shape index (κ2) is 6.07. The molecule has 4 heteroatoms. The quantitative estimate of drug-likeness (QED) is 0.864. The van der Waals surface area contributed by atoms with Crippen molar-refractivity contribution in [3.8, 4) is 6.07 Å². The van der Waals surface area contributed by atoms with Gasteiger partial charge in [0.05, 0.1) is 29.2 Å². The molecule has 2 aromatic rings. The van der Waals surface area contributed by atoms with E-state index in [2.05, 4.69) is 22.9 Å². The maximum Gasteiger partial charge on any atom is 0.101 e. The topological polar surface area (TPSA) is 65.9 Å². The summed E-state index contributed by atoms with van der Waals surface area (Å²) in [6.45, 7) is 5.52. The third kappa shape index (κ3) is 2.89. The Morgan fingerprint density at radius 2 is 2.00 bits per heavy atom. The van der Waals surface area contributed by atoms with E-state index in [9.17, 15) is 0 Å². The average molecular weight is 266 g/mol. The molecule has 0 radical (unpaired) electrons. The zero-order valence-corrected chi connectivity index (χ0v) is 11.8. The van der Waals surface area contributed by atoms with Crippen LogP contribution in [-0.4, -0.2) is 11.5 Å². The lowest BCUT2D eigenvalue weighted by molar-refractivity contribution is 0.807. The summed E-state index contributed by atoms with van der Waals surface area (Å²) >= 11 is 0. The molecular formula is C16H18N4. The summed E-state index contributed by atoms with van der Waals surface area (Å²) in [7, 11) is 0. The highest BCUT2D eigenvalue weighted by atomic mass is 15.1. The normalized spacial score (nSPS) is 10.1. The number of nitriles is 1. The minimum atomic E-state index is 0.512. The molecule has 0 aliphatic rings. The fourth-order valence-corrected chi connectivity index (χ4v) is 2.18. The van der Waals surface area contributed by atoms with E-state index in [1.807, 2.05) is 37.3 Å². The first kappa shape index (κ1) is 13.9. The first-order chi connectivity index (χ1) is 9.65. The van der Waals surface area contributed by atoms with Crippen molar-refractivity contribution in [3.05, 3.63) is 53.3 Å². The molecule has 0 saturated carbocycles. The molecule has 1 heterocycles. The number of para-hydroxylation sites is 1. The van der Waals surface area contributed by atoms with Gasteiger partial charge in [0, 0.05) is 12.2 Å². The first-order valence-corrected chi connectivity index (χ1v) is 6.61. The van der Waals surface area contributed by atoms with Gasteiger partial charge in [-0.1, -0.05) is 12.1 Å². The summed E-state index contributed by atoms with van der Waals surface area (Å²) in [4.78, 5) is 6.63. The fraction of sp³-hybridized carbons (Fsp3) is 0.250. The van der Waals surface area contributed by atoms with Gasteiger partial charge in [0.25, 0.3) is 0 Å². The SMILES string of the molecule is CCN(Cc1cccc(C)n1)c1cccc(C#N)c1N. The number of anilines is 2. The summed E-state index contributed by atoms with van der Waals surface area (Å²) in [6.07, 6.45) is 0. The van der Waals surface area contributed by atoms with Gasteiger partial charge in [0.1, 0.15) is 6.07 Å². The summed E-state index contributed by atoms with van der Waals surface area (Å²) in [5, 5.41) is 9.06. The highest BCUT2D eigenvalue weighted by Gasteiger charge is 2.12. The highest BCUT2D eigenvalue weighted by Crippen LogP contribution is 2.27. The van der Waals surface area contributed by atoms with E-state index in [0.717, 1.165) is 23.6 Å². The molecule has 0 aliphatic heterocycles. The van der Waals surface area contributed by atoms with E-state index >= 15 is 0 Å². The van der Waals surface area contributed by atoms with Crippen LogP contribution in [-0.2, 0) is 6.54 Å². The number of hydrogen-bond acceptors (Lipinski definition) is 4. The Kier molecular flexibility index (Phi) is 4.21. The number of nitrogens with zero attached hydrogens (tertiary/aromatic N) is 3. The smallest absolute Gasteiger partial charge is 0.101 e. The van der Waals surface area contributed by atoms with Gasteiger partial charge < -0.3 is 10.6 Å². The van der Waals surface area contributed by atoms with Crippen molar-refractivity contribution < 1.29 is 0 Å². The van der Waals surface area contributed by atoms with E-state index in [4.69, 9.17) is 11.0 Å². The standard InChI is InChI=1S/C16H18N4/c1-3-20(11-14-8-4-6-12(2)19-14)15-9-5-7-13(10-17)16(15)18/h4-9H,3,11,18H2,1-2H3. The lowest BCUT2D eigenvalue weighted by Gasteiger charge is -2.24. The average Bonchev–Trinajstić information content (AvgIpc) is 2.45. The van der Waals surface area contributed by atoms with E-state index < -0.39 is 0 Å². The molecule has 1 aromatic carbocycles. The molecule has 0 atom stereocenters. The van der Waals surface area contributed by atoms with Gasteiger partial charge in [-0.05, 0) is 38.1 Å². The monoisotopic (exact) mass is 266 g/mol. The molecule has 0 unspecified atom stereocenters. The van der Waals surface area contributed by atoms with Gasteiger partial charge in [-0.3, -0.25) is 4.98 Å². The summed E-state index contributed by atoms with van der Waals surface area (Å²) in [5.74, 6) is 0. The summed E-state index contributed by atoms with van der Waals surface area (Å²) in [6, 6.07) is 13.6. The van der Waals surface area contributed by atoms with Crippen molar-refractivity contribution in [2.75, 3.05) is 17.2 Å². The van der Waals surface area contributed by atoms with Crippen LogP contribution in [0.25, 0.3) is 0 Å². The van der Waals surface area contributed by atoms with Crippen LogP contribution in [0, 0.1) is 18.3 Å². The number of aryl methyl sites for hydroxylation is 1. The van der Waals surface area contributed by atoms with Crippen LogP contribution in [0.15, 0.2) is 36.4 Å². The Bertz CT molecular complexity index is 643. The maximum absolute atomic E-state index is 9.06. The van der Waals surface area contributed by atoms with E-state index in [1.54, 1.807) is 6.07 Å². The van der Waals surface area contributed by atoms with Gasteiger partial charge in [-0.2, -0.15) is 5.26 Å². The minimum Gasteiger partial charge on any atom is -0.396 e. The molecule has 2 rings (SSSR count). The lowest BCUT2D eigenvalue weighted by atomic mass is 10.1. The van der Waals surface area contributed by atoms with Crippen LogP contribution in [0.5, 0.6) is 0 Å². The van der Waals surface area contributed by atoms with Gasteiger partial charge in [0.2, 0.25) is 0 Å². The van der Waals surface area contributed by atoms with Crippen molar-refractivity contribution in [1.29, 1.82) is 5.26 Å². The maximum atomic E-state index is 9.06. The summed E-state index contributed by atoms with van der Waals surface area (Å²) in [5.41, 5.74) is 9.99. The van der Waals surface area contributed by atoms with Crippen LogP contribution in [0.3, 0.4) is 0 Å². The third-order valence-electron chi connectivity index (χ3n) is 3.22. The Morgan fingerprint density at radius 1 is 1.25 bits per heavy atom. The van der Waals surface area contributed by atoms with Gasteiger partial charge in [-0.15, -0.1) is 0 Å². The predicted octanol–water partition coefficient (Wildman–Crippen LogP) is 2.87. The Balaban J connectivity index is 2.32. The Morgan fingerprint density at radius 3 is 2.65 bits per heavy atom. The third-order valence-corrected chi connectivity index (χ3v) is 3.22. The predicted molar refractivity (Wildman–Crippen MR) is 81.3 cm³/mol. The van der Waals surface area contributed by atoms with Gasteiger partial charge in [0.15, 0.2) is 0 Å². The van der Waals surface area contributed by atoms with Crippen LogP contribution in [0.1, 0.15) is 23.9 Å². The number of nitrogen functional groups attached to an aromatic ring is 1. The Hall–Kier alpha value is -2.54. The van der Waals surface area contributed by atoms with Crippen molar-refractivity contribution in [3.63, 3.8) is 0 Å². The van der Waals surface area contributed by atoms with E-state index in [0.29, 0.717) is 17.8 Å². The van der Waals surface area contributed by atoms with Crippen molar-refractivity contribution >= 4 is 11.4 Å².